The number of alkyl halides is 3. The smallest absolute Gasteiger partial charge is 0.368 e. The molecule has 4 aromatic rings. The standard InChI is InChI=1S/C27H27F3N8/c1-17-3-6-20(13-18(17)5-8-24-22-15-32-36-25(22)35-26(31)34-24)33-21-7-4-19(23(14-21)27(28,29)30)16-38-11-9-37(2)10-12-38/h3-4,6-7,13-15,33H,9-12,16H2,1-2H3,(H3,31,32,34,35,36). The van der Waals surface area contributed by atoms with Gasteiger partial charge in [0.15, 0.2) is 5.65 Å². The van der Waals surface area contributed by atoms with Gasteiger partial charge in [0.05, 0.1) is 17.1 Å². The van der Waals surface area contributed by atoms with E-state index in [1.54, 1.807) is 24.4 Å². The SMILES string of the molecule is Cc1ccc(Nc2ccc(CN3CCN(C)CC3)c(C(F)(F)F)c2)cc1C#Cc1nc(N)nc2[nH]ncc12. The van der Waals surface area contributed by atoms with Crippen molar-refractivity contribution in [2.45, 2.75) is 19.6 Å². The normalized spacial score (nSPS) is 14.9. The Morgan fingerprint density at radius 3 is 2.53 bits per heavy atom. The average molecular weight is 521 g/mol. The van der Waals surface area contributed by atoms with Gasteiger partial charge in [-0.05, 0) is 55.3 Å². The number of H-pyrrole nitrogens is 1. The molecule has 1 aliphatic rings. The number of benzene rings is 2. The Morgan fingerprint density at radius 2 is 1.76 bits per heavy atom. The first-order chi connectivity index (χ1) is 18.2. The van der Waals surface area contributed by atoms with E-state index in [2.05, 4.69) is 47.1 Å². The number of rotatable bonds is 4. The summed E-state index contributed by atoms with van der Waals surface area (Å²) in [5.74, 6) is 6.19. The fourth-order valence-electron chi connectivity index (χ4n) is 4.38. The quantitative estimate of drug-likeness (QED) is 0.348. The summed E-state index contributed by atoms with van der Waals surface area (Å²) < 4.78 is 41.9. The largest absolute Gasteiger partial charge is 0.416 e. The van der Waals surface area contributed by atoms with Crippen molar-refractivity contribution in [2.75, 3.05) is 44.3 Å². The Balaban J connectivity index is 1.39. The summed E-state index contributed by atoms with van der Waals surface area (Å²) in [5, 5.41) is 10.5. The van der Waals surface area contributed by atoms with Crippen molar-refractivity contribution in [3.63, 3.8) is 0 Å². The molecule has 196 valence electrons. The van der Waals surface area contributed by atoms with Crippen molar-refractivity contribution in [1.29, 1.82) is 0 Å². The van der Waals surface area contributed by atoms with Gasteiger partial charge in [0.2, 0.25) is 5.95 Å². The molecule has 2 aromatic heterocycles. The van der Waals surface area contributed by atoms with Gasteiger partial charge in [-0.3, -0.25) is 10.00 Å². The predicted molar refractivity (Wildman–Crippen MR) is 141 cm³/mol. The summed E-state index contributed by atoms with van der Waals surface area (Å²) in [7, 11) is 2.02. The van der Waals surface area contributed by atoms with Crippen LogP contribution >= 0.6 is 0 Å². The highest BCUT2D eigenvalue weighted by Gasteiger charge is 2.34. The van der Waals surface area contributed by atoms with Crippen molar-refractivity contribution >= 4 is 28.4 Å². The van der Waals surface area contributed by atoms with Crippen LogP contribution in [0.5, 0.6) is 0 Å². The van der Waals surface area contributed by atoms with Crippen LogP contribution < -0.4 is 11.1 Å². The first-order valence-corrected chi connectivity index (χ1v) is 12.1. The van der Waals surface area contributed by atoms with E-state index < -0.39 is 11.7 Å². The first kappa shape index (κ1) is 25.5. The van der Waals surface area contributed by atoms with E-state index in [1.165, 1.54) is 6.07 Å². The van der Waals surface area contributed by atoms with E-state index in [-0.39, 0.29) is 18.1 Å². The number of piperazine rings is 1. The maximum absolute atomic E-state index is 14.0. The molecule has 8 nitrogen and oxygen atoms in total. The number of nitrogen functional groups attached to an aromatic ring is 1. The number of halogens is 3. The first-order valence-electron chi connectivity index (χ1n) is 12.1. The fraction of sp³-hybridized carbons (Fsp3) is 0.296. The maximum Gasteiger partial charge on any atom is 0.416 e. The Labute approximate surface area is 218 Å². The molecule has 0 atom stereocenters. The van der Waals surface area contributed by atoms with Gasteiger partial charge in [-0.15, -0.1) is 0 Å². The number of fused-ring (bicyclic) bond motifs is 1. The van der Waals surface area contributed by atoms with Crippen molar-refractivity contribution < 1.29 is 13.2 Å². The highest BCUT2D eigenvalue weighted by Crippen LogP contribution is 2.35. The molecule has 11 heteroatoms. The molecule has 1 aliphatic heterocycles. The van der Waals surface area contributed by atoms with E-state index in [0.29, 0.717) is 33.7 Å². The third kappa shape index (κ3) is 5.72. The number of nitrogens with zero attached hydrogens (tertiary/aromatic N) is 5. The van der Waals surface area contributed by atoms with Crippen LogP contribution in [0.2, 0.25) is 0 Å². The summed E-state index contributed by atoms with van der Waals surface area (Å²) in [6.07, 6.45) is -2.88. The molecule has 5 rings (SSSR count). The third-order valence-electron chi connectivity index (χ3n) is 6.57. The van der Waals surface area contributed by atoms with Crippen LogP contribution in [-0.2, 0) is 12.7 Å². The lowest BCUT2D eigenvalue weighted by atomic mass is 10.0. The number of aromatic amines is 1. The lowest BCUT2D eigenvalue weighted by Crippen LogP contribution is -2.44. The zero-order chi connectivity index (χ0) is 26.9. The lowest BCUT2D eigenvalue weighted by Gasteiger charge is -2.33. The summed E-state index contributed by atoms with van der Waals surface area (Å²) in [5.41, 5.74) is 8.93. The molecule has 0 aliphatic carbocycles. The third-order valence-corrected chi connectivity index (χ3v) is 6.57. The summed E-state index contributed by atoms with van der Waals surface area (Å²) in [6.45, 7) is 5.35. The number of likely N-dealkylation sites (N-methyl/N-ethyl adjacent to an activating group) is 1. The van der Waals surface area contributed by atoms with Crippen molar-refractivity contribution in [3.8, 4) is 11.8 Å². The number of nitrogens with two attached hydrogens (primary N) is 1. The average Bonchev–Trinajstić information content (AvgIpc) is 3.34. The second-order valence-corrected chi connectivity index (χ2v) is 9.42. The van der Waals surface area contributed by atoms with Crippen LogP contribution in [0, 0.1) is 18.8 Å². The molecule has 0 saturated carbocycles. The van der Waals surface area contributed by atoms with Gasteiger partial charge < -0.3 is 16.0 Å². The van der Waals surface area contributed by atoms with Gasteiger partial charge in [-0.25, -0.2) is 4.98 Å². The van der Waals surface area contributed by atoms with E-state index in [1.807, 2.05) is 26.1 Å². The van der Waals surface area contributed by atoms with Gasteiger partial charge in [-0.1, -0.05) is 18.1 Å². The van der Waals surface area contributed by atoms with Gasteiger partial charge in [0.25, 0.3) is 0 Å². The van der Waals surface area contributed by atoms with Crippen LogP contribution in [-0.4, -0.2) is 63.2 Å². The number of aryl methyl sites for hydroxylation is 1. The molecule has 0 amide bonds. The molecule has 38 heavy (non-hydrogen) atoms. The number of hydrogen-bond donors (Lipinski definition) is 3. The monoisotopic (exact) mass is 520 g/mol. The van der Waals surface area contributed by atoms with E-state index in [4.69, 9.17) is 5.73 Å². The van der Waals surface area contributed by atoms with Crippen molar-refractivity contribution in [2.24, 2.45) is 0 Å². The zero-order valence-corrected chi connectivity index (χ0v) is 21.0. The molecule has 0 radical (unpaired) electrons. The Kier molecular flexibility index (Phi) is 6.93. The Bertz CT molecular complexity index is 1530. The molecule has 4 N–H and O–H groups in total. The van der Waals surface area contributed by atoms with Crippen LogP contribution in [0.4, 0.5) is 30.5 Å². The second-order valence-electron chi connectivity index (χ2n) is 9.42. The molecule has 1 saturated heterocycles. The molecule has 0 bridgehead atoms. The van der Waals surface area contributed by atoms with Crippen LogP contribution in [0.15, 0.2) is 42.6 Å². The maximum atomic E-state index is 14.0. The molecule has 2 aromatic carbocycles. The molecule has 0 spiro atoms. The van der Waals surface area contributed by atoms with E-state index >= 15 is 0 Å². The minimum Gasteiger partial charge on any atom is -0.368 e. The van der Waals surface area contributed by atoms with E-state index in [9.17, 15) is 13.2 Å². The highest BCUT2D eigenvalue weighted by molar-refractivity contribution is 5.81. The zero-order valence-electron chi connectivity index (χ0n) is 21.0. The minimum atomic E-state index is -4.46. The fourth-order valence-corrected chi connectivity index (χ4v) is 4.38. The highest BCUT2D eigenvalue weighted by atomic mass is 19.4. The van der Waals surface area contributed by atoms with Gasteiger partial charge >= 0.3 is 6.18 Å². The van der Waals surface area contributed by atoms with E-state index in [0.717, 1.165) is 31.7 Å². The van der Waals surface area contributed by atoms with Crippen LogP contribution in [0.3, 0.4) is 0 Å². The molecular weight excluding hydrogens is 493 g/mol. The van der Waals surface area contributed by atoms with Gasteiger partial charge in [-0.2, -0.15) is 23.3 Å². The van der Waals surface area contributed by atoms with Gasteiger partial charge in [0, 0.05) is 49.7 Å². The van der Waals surface area contributed by atoms with Crippen molar-refractivity contribution in [3.05, 3.63) is 70.5 Å². The molecular formula is C27H27F3N8. The number of nitrogens with one attached hydrogen (secondary N) is 2. The number of anilines is 3. The van der Waals surface area contributed by atoms with Crippen LogP contribution in [0.1, 0.15) is 27.9 Å². The van der Waals surface area contributed by atoms with Crippen molar-refractivity contribution in [1.82, 2.24) is 30.0 Å². The van der Waals surface area contributed by atoms with Gasteiger partial charge in [0.1, 0.15) is 5.69 Å². The topological polar surface area (TPSA) is 99.0 Å². The number of aromatic nitrogens is 4. The lowest BCUT2D eigenvalue weighted by molar-refractivity contribution is -0.138. The Morgan fingerprint density at radius 1 is 1.03 bits per heavy atom. The molecule has 1 fully saturated rings. The summed E-state index contributed by atoms with van der Waals surface area (Å²) in [4.78, 5) is 12.5. The molecule has 3 heterocycles. The molecule has 0 unspecified atom stereocenters. The second kappa shape index (κ2) is 10.3. The minimum absolute atomic E-state index is 0.0785. The Hall–Kier alpha value is -4.14. The number of hydrogen-bond acceptors (Lipinski definition) is 7. The summed E-state index contributed by atoms with van der Waals surface area (Å²) >= 11 is 0. The summed E-state index contributed by atoms with van der Waals surface area (Å²) in [6, 6.07) is 9.89. The predicted octanol–water partition coefficient (Wildman–Crippen LogP) is 4.15. The van der Waals surface area contributed by atoms with Crippen LogP contribution in [0.25, 0.3) is 11.0 Å².